The maximum atomic E-state index is 11.6. The predicted octanol–water partition coefficient (Wildman–Crippen LogP) is 3.16. The Morgan fingerprint density at radius 1 is 1.28 bits per heavy atom. The summed E-state index contributed by atoms with van der Waals surface area (Å²) in [5.41, 5.74) is 1.73. The van der Waals surface area contributed by atoms with Gasteiger partial charge in [0, 0.05) is 23.0 Å². The fraction of sp³-hybridized carbons (Fsp3) is 0.143. The highest BCUT2D eigenvalue weighted by Crippen LogP contribution is 2.26. The van der Waals surface area contributed by atoms with Crippen molar-refractivity contribution < 1.29 is 9.53 Å². The average molecular weight is 259 g/mol. The van der Waals surface area contributed by atoms with Gasteiger partial charge in [-0.2, -0.15) is 0 Å². The monoisotopic (exact) mass is 259 g/mol. The van der Waals surface area contributed by atoms with Crippen molar-refractivity contribution in [3.8, 4) is 0 Å². The van der Waals surface area contributed by atoms with Crippen LogP contribution in [-0.4, -0.2) is 18.1 Å². The van der Waals surface area contributed by atoms with Crippen LogP contribution >= 0.6 is 11.8 Å². The van der Waals surface area contributed by atoms with Crippen molar-refractivity contribution in [2.75, 3.05) is 7.11 Å². The Kier molecular flexibility index (Phi) is 4.36. The van der Waals surface area contributed by atoms with Gasteiger partial charge in [-0.1, -0.05) is 18.2 Å². The minimum Gasteiger partial charge on any atom is -0.465 e. The summed E-state index contributed by atoms with van der Waals surface area (Å²) in [5.74, 6) is 0.478. The second-order valence-electron chi connectivity index (χ2n) is 3.64. The lowest BCUT2D eigenvalue weighted by Crippen LogP contribution is -2.02. The normalized spacial score (nSPS) is 10.1. The van der Waals surface area contributed by atoms with E-state index in [2.05, 4.69) is 4.98 Å². The molecule has 0 radical (unpaired) electrons. The molecule has 0 atom stereocenters. The Labute approximate surface area is 110 Å². The molecule has 0 N–H and O–H groups in total. The van der Waals surface area contributed by atoms with E-state index in [-0.39, 0.29) is 5.97 Å². The van der Waals surface area contributed by atoms with Crippen LogP contribution in [0.4, 0.5) is 0 Å². The molecule has 1 heterocycles. The Balaban J connectivity index is 2.12. The number of hydrogen-bond donors (Lipinski definition) is 0. The molecule has 0 saturated heterocycles. The summed E-state index contributed by atoms with van der Waals surface area (Å²) in [5, 5.41) is 0. The Morgan fingerprint density at radius 2 is 2.11 bits per heavy atom. The molecule has 2 aromatic rings. The van der Waals surface area contributed by atoms with Crippen LogP contribution in [0.15, 0.2) is 53.7 Å². The number of hydrogen-bond acceptors (Lipinski definition) is 4. The highest BCUT2D eigenvalue weighted by molar-refractivity contribution is 7.98. The number of rotatable bonds is 4. The molecular weight excluding hydrogens is 246 g/mol. The SMILES string of the molecule is COC(=O)c1ccccc1SCc1cccnc1. The van der Waals surface area contributed by atoms with Crippen molar-refractivity contribution in [1.82, 2.24) is 4.98 Å². The number of thioether (sulfide) groups is 1. The van der Waals surface area contributed by atoms with Gasteiger partial charge in [0.2, 0.25) is 0 Å². The molecule has 0 spiro atoms. The van der Waals surface area contributed by atoms with E-state index >= 15 is 0 Å². The molecule has 0 amide bonds. The number of benzene rings is 1. The standard InChI is InChI=1S/C14H13NO2S/c1-17-14(16)12-6-2-3-7-13(12)18-10-11-5-4-8-15-9-11/h2-9H,10H2,1H3. The zero-order chi connectivity index (χ0) is 12.8. The van der Waals surface area contributed by atoms with Crippen LogP contribution in [0.1, 0.15) is 15.9 Å². The molecule has 3 nitrogen and oxygen atoms in total. The summed E-state index contributed by atoms with van der Waals surface area (Å²) in [4.78, 5) is 16.6. The highest BCUT2D eigenvalue weighted by Gasteiger charge is 2.11. The summed E-state index contributed by atoms with van der Waals surface area (Å²) in [6.45, 7) is 0. The fourth-order valence-corrected chi connectivity index (χ4v) is 2.49. The van der Waals surface area contributed by atoms with Crippen LogP contribution in [-0.2, 0) is 10.5 Å². The van der Waals surface area contributed by atoms with Crippen molar-refractivity contribution >= 4 is 17.7 Å². The van der Waals surface area contributed by atoms with E-state index in [0.29, 0.717) is 5.56 Å². The summed E-state index contributed by atoms with van der Waals surface area (Å²) in [6, 6.07) is 11.4. The van der Waals surface area contributed by atoms with Gasteiger partial charge in [0.25, 0.3) is 0 Å². The second kappa shape index (κ2) is 6.21. The van der Waals surface area contributed by atoms with E-state index in [0.717, 1.165) is 16.2 Å². The molecule has 4 heteroatoms. The molecule has 92 valence electrons. The van der Waals surface area contributed by atoms with E-state index in [4.69, 9.17) is 4.74 Å². The molecule has 0 bridgehead atoms. The van der Waals surface area contributed by atoms with Crippen LogP contribution in [0.25, 0.3) is 0 Å². The van der Waals surface area contributed by atoms with Gasteiger partial charge in [-0.3, -0.25) is 4.98 Å². The van der Waals surface area contributed by atoms with Crippen molar-refractivity contribution in [3.63, 3.8) is 0 Å². The zero-order valence-electron chi connectivity index (χ0n) is 10.00. The van der Waals surface area contributed by atoms with Crippen LogP contribution in [0.2, 0.25) is 0 Å². The van der Waals surface area contributed by atoms with Gasteiger partial charge in [-0.05, 0) is 23.8 Å². The first-order chi connectivity index (χ1) is 8.81. The van der Waals surface area contributed by atoms with E-state index in [1.54, 1.807) is 24.0 Å². The topological polar surface area (TPSA) is 39.2 Å². The van der Waals surface area contributed by atoms with Crippen LogP contribution in [0, 0.1) is 0 Å². The summed E-state index contributed by atoms with van der Waals surface area (Å²) in [6.07, 6.45) is 3.57. The third-order valence-corrected chi connectivity index (χ3v) is 3.55. The minimum absolute atomic E-state index is 0.302. The van der Waals surface area contributed by atoms with Gasteiger partial charge in [0.05, 0.1) is 12.7 Å². The molecule has 2 rings (SSSR count). The number of ether oxygens (including phenoxy) is 1. The maximum Gasteiger partial charge on any atom is 0.338 e. The van der Waals surface area contributed by atoms with Crippen molar-refractivity contribution in [3.05, 3.63) is 59.9 Å². The lowest BCUT2D eigenvalue weighted by atomic mass is 10.2. The summed E-state index contributed by atoms with van der Waals surface area (Å²) in [7, 11) is 1.39. The van der Waals surface area contributed by atoms with Crippen molar-refractivity contribution in [2.24, 2.45) is 0 Å². The largest absolute Gasteiger partial charge is 0.465 e. The number of methoxy groups -OCH3 is 1. The first kappa shape index (κ1) is 12.6. The fourth-order valence-electron chi connectivity index (χ4n) is 1.52. The summed E-state index contributed by atoms with van der Waals surface area (Å²) < 4.78 is 4.76. The lowest BCUT2D eigenvalue weighted by Gasteiger charge is -2.07. The van der Waals surface area contributed by atoms with Crippen molar-refractivity contribution in [2.45, 2.75) is 10.6 Å². The number of aromatic nitrogens is 1. The molecule has 0 aliphatic heterocycles. The van der Waals surface area contributed by atoms with Gasteiger partial charge < -0.3 is 4.74 Å². The number of nitrogens with zero attached hydrogens (tertiary/aromatic N) is 1. The number of carbonyl (C=O) groups is 1. The van der Waals surface area contributed by atoms with E-state index in [1.165, 1.54) is 7.11 Å². The Hall–Kier alpha value is -1.81. The third-order valence-electron chi connectivity index (χ3n) is 2.41. The average Bonchev–Trinajstić information content (AvgIpc) is 2.45. The maximum absolute atomic E-state index is 11.6. The predicted molar refractivity (Wildman–Crippen MR) is 71.6 cm³/mol. The molecule has 18 heavy (non-hydrogen) atoms. The molecule has 0 unspecified atom stereocenters. The Bertz CT molecular complexity index is 528. The molecule has 0 aliphatic rings. The van der Waals surface area contributed by atoms with Gasteiger partial charge in [0.15, 0.2) is 0 Å². The van der Waals surface area contributed by atoms with Gasteiger partial charge >= 0.3 is 5.97 Å². The number of pyridine rings is 1. The van der Waals surface area contributed by atoms with Crippen LogP contribution in [0.5, 0.6) is 0 Å². The zero-order valence-corrected chi connectivity index (χ0v) is 10.8. The summed E-state index contributed by atoms with van der Waals surface area (Å²) >= 11 is 1.60. The first-order valence-corrected chi connectivity index (χ1v) is 6.49. The van der Waals surface area contributed by atoms with E-state index in [1.807, 2.05) is 36.5 Å². The molecule has 0 saturated carbocycles. The molecule has 0 aliphatic carbocycles. The Morgan fingerprint density at radius 3 is 2.83 bits per heavy atom. The number of esters is 1. The van der Waals surface area contributed by atoms with Gasteiger partial charge in [-0.25, -0.2) is 4.79 Å². The molecule has 1 aromatic heterocycles. The minimum atomic E-state index is -0.302. The number of carbonyl (C=O) groups excluding carboxylic acids is 1. The lowest BCUT2D eigenvalue weighted by molar-refractivity contribution is 0.0597. The smallest absolute Gasteiger partial charge is 0.338 e. The van der Waals surface area contributed by atoms with Gasteiger partial charge in [0.1, 0.15) is 0 Å². The molecule has 1 aromatic carbocycles. The van der Waals surface area contributed by atoms with Crippen molar-refractivity contribution in [1.29, 1.82) is 0 Å². The third kappa shape index (κ3) is 3.11. The quantitative estimate of drug-likeness (QED) is 0.624. The molecule has 0 fully saturated rings. The van der Waals surface area contributed by atoms with Gasteiger partial charge in [-0.15, -0.1) is 11.8 Å². The first-order valence-electron chi connectivity index (χ1n) is 5.50. The van der Waals surface area contributed by atoms with Crippen LogP contribution in [0.3, 0.4) is 0 Å². The highest BCUT2D eigenvalue weighted by atomic mass is 32.2. The molecular formula is C14H13NO2S. The second-order valence-corrected chi connectivity index (χ2v) is 4.65. The van der Waals surface area contributed by atoms with E-state index in [9.17, 15) is 4.79 Å². The van der Waals surface area contributed by atoms with E-state index < -0.39 is 0 Å². The van der Waals surface area contributed by atoms with Crippen LogP contribution < -0.4 is 0 Å².